The zero-order chi connectivity index (χ0) is 50.9. The Morgan fingerprint density at radius 1 is 0.286 bits per heavy atom. The molecule has 0 unspecified atom stereocenters. The number of nitrogens with zero attached hydrogens (tertiary/aromatic N) is 3. The molecule has 0 rings (SSSR count). The van der Waals surface area contributed by atoms with Crippen molar-refractivity contribution in [2.45, 2.75) is 279 Å². The topological polar surface area (TPSA) is 109 Å². The molecule has 420 valence electrons. The maximum absolute atomic E-state index is 12.2. The molecule has 0 aromatic carbocycles. The van der Waals surface area contributed by atoms with Crippen molar-refractivity contribution in [1.29, 1.82) is 0 Å². The van der Waals surface area contributed by atoms with Gasteiger partial charge in [0.2, 0.25) is 17.7 Å². The van der Waals surface area contributed by atoms with Crippen LogP contribution in [-0.4, -0.2) is 126 Å². The van der Waals surface area contributed by atoms with E-state index in [4.69, 9.17) is 0 Å². The third-order valence-electron chi connectivity index (χ3n) is 13.8. The van der Waals surface area contributed by atoms with E-state index in [0.29, 0.717) is 19.3 Å². The van der Waals surface area contributed by atoms with Crippen LogP contribution >= 0.6 is 0 Å². The Balaban J connectivity index is -0.00000147. The Kier molecular flexibility index (Phi) is 63.7. The molecule has 4 N–H and O–H groups in total. The average molecular weight is 995 g/mol. The Morgan fingerprint density at radius 2 is 0.486 bits per heavy atom. The van der Waals surface area contributed by atoms with E-state index in [1.54, 1.807) is 0 Å². The number of hydrogen-bond donors (Lipinski definition) is 4. The molecular formula is C60H127N7O3. The number of amides is 3. The van der Waals surface area contributed by atoms with E-state index in [-0.39, 0.29) is 25.1 Å². The molecule has 10 nitrogen and oxygen atoms in total. The Labute approximate surface area is 438 Å². The Morgan fingerprint density at radius 3 is 0.700 bits per heavy atom. The molecule has 0 spiro atoms. The minimum Gasteiger partial charge on any atom is -0.356 e. The van der Waals surface area contributed by atoms with Crippen LogP contribution in [0.25, 0.3) is 0 Å². The van der Waals surface area contributed by atoms with E-state index >= 15 is 0 Å². The lowest BCUT2D eigenvalue weighted by Gasteiger charge is -2.21. The van der Waals surface area contributed by atoms with Gasteiger partial charge in [0, 0.05) is 84.7 Å². The van der Waals surface area contributed by atoms with E-state index in [1.165, 1.54) is 212 Å². The minimum atomic E-state index is 0. The maximum Gasteiger partial charge on any atom is 0.221 e. The largest absolute Gasteiger partial charge is 0.356 e. The number of nitrogens with one attached hydrogen (secondary N) is 4. The summed E-state index contributed by atoms with van der Waals surface area (Å²) in [6, 6.07) is 0. The number of carbonyl (C=O) groups excluding carboxylic acids is 3. The third kappa shape index (κ3) is 62.4. The first kappa shape index (κ1) is 72.5. The summed E-state index contributed by atoms with van der Waals surface area (Å²) in [5.74, 6) is 0.524. The quantitative estimate of drug-likeness (QED) is 0.0450. The molecule has 0 radical (unpaired) electrons. The van der Waals surface area contributed by atoms with Crippen molar-refractivity contribution in [1.82, 2.24) is 36.0 Å². The summed E-state index contributed by atoms with van der Waals surface area (Å²) in [6.45, 7) is 15.4. The number of rotatable bonds is 54. The highest BCUT2D eigenvalue weighted by Gasteiger charge is 2.09. The summed E-state index contributed by atoms with van der Waals surface area (Å²) < 4.78 is 0. The zero-order valence-electron chi connectivity index (χ0n) is 47.7. The minimum absolute atomic E-state index is 0. The van der Waals surface area contributed by atoms with Crippen LogP contribution < -0.4 is 21.3 Å². The molecule has 0 aromatic rings. The fraction of sp³-hybridized carbons (Fsp3) is 0.950. The molecule has 0 saturated heterocycles. The summed E-state index contributed by atoms with van der Waals surface area (Å²) >= 11 is 0. The number of hydrogen-bond acceptors (Lipinski definition) is 7. The van der Waals surface area contributed by atoms with Crippen LogP contribution in [0.4, 0.5) is 0 Å². The van der Waals surface area contributed by atoms with Crippen molar-refractivity contribution in [2.24, 2.45) is 0 Å². The van der Waals surface area contributed by atoms with Crippen LogP contribution in [-0.2, 0) is 14.4 Å². The molecule has 0 aromatic heterocycles. The number of likely N-dealkylation sites (N-methyl/N-ethyl adjacent to an activating group) is 4. The standard InChI is InChI=1S/C38H78N4O2.C21H45N3O.CH4/c1-5-7-9-11-13-15-17-19-21-23-25-27-31-39-37(43)29-33-41(3)35-36-42(4)34-30-38(44)40-32-28-26-24-22-20-18-16-14-12-10-8-6-2;1-4-5-6-7-8-9-10-11-12-13-14-15-17-23-21(25)16-19-24(3)20-18-22-2;/h5-36H2,1-4H3,(H,39,43)(H,40,44);22H,4-20H2,1-3H3,(H,23,25);1H4. The third-order valence-corrected chi connectivity index (χ3v) is 13.8. The first-order valence-corrected chi connectivity index (χ1v) is 30.2. The Bertz CT molecular complexity index is 998. The molecule has 0 bridgehead atoms. The molecule has 0 aliphatic rings. The maximum atomic E-state index is 12.2. The van der Waals surface area contributed by atoms with Gasteiger partial charge in [0.25, 0.3) is 0 Å². The van der Waals surface area contributed by atoms with Crippen molar-refractivity contribution in [3.63, 3.8) is 0 Å². The van der Waals surface area contributed by atoms with Crippen LogP contribution in [0.2, 0.25) is 0 Å². The van der Waals surface area contributed by atoms with Crippen LogP contribution in [0.1, 0.15) is 279 Å². The molecule has 10 heteroatoms. The second kappa shape index (κ2) is 61.5. The van der Waals surface area contributed by atoms with Gasteiger partial charge < -0.3 is 36.0 Å². The van der Waals surface area contributed by atoms with Gasteiger partial charge >= 0.3 is 0 Å². The van der Waals surface area contributed by atoms with Crippen molar-refractivity contribution >= 4 is 17.7 Å². The van der Waals surface area contributed by atoms with E-state index in [2.05, 4.69) is 77.9 Å². The molecule has 0 heterocycles. The lowest BCUT2D eigenvalue weighted by Crippen LogP contribution is -2.35. The van der Waals surface area contributed by atoms with Crippen molar-refractivity contribution in [3.8, 4) is 0 Å². The van der Waals surface area contributed by atoms with Gasteiger partial charge in [-0.05, 0) is 47.5 Å². The van der Waals surface area contributed by atoms with Gasteiger partial charge in [-0.15, -0.1) is 0 Å². The molecule has 3 amide bonds. The van der Waals surface area contributed by atoms with E-state index in [0.717, 1.165) is 84.7 Å². The predicted molar refractivity (Wildman–Crippen MR) is 309 cm³/mol. The van der Waals surface area contributed by atoms with E-state index in [1.807, 2.05) is 7.05 Å². The molecule has 0 saturated carbocycles. The first-order chi connectivity index (χ1) is 33.7. The predicted octanol–water partition coefficient (Wildman–Crippen LogP) is 14.2. The molecule has 0 aliphatic carbocycles. The van der Waals surface area contributed by atoms with Crippen molar-refractivity contribution < 1.29 is 14.4 Å². The van der Waals surface area contributed by atoms with Crippen LogP contribution in [0, 0.1) is 0 Å². The van der Waals surface area contributed by atoms with Gasteiger partial charge in [-0.25, -0.2) is 0 Å². The lowest BCUT2D eigenvalue weighted by molar-refractivity contribution is -0.122. The summed E-state index contributed by atoms with van der Waals surface area (Å²) in [6.07, 6.45) is 50.2. The van der Waals surface area contributed by atoms with Gasteiger partial charge in [0.15, 0.2) is 0 Å². The highest BCUT2D eigenvalue weighted by Crippen LogP contribution is 2.14. The smallest absolute Gasteiger partial charge is 0.221 e. The van der Waals surface area contributed by atoms with Gasteiger partial charge in [-0.1, -0.05) is 240 Å². The summed E-state index contributed by atoms with van der Waals surface area (Å²) in [4.78, 5) is 42.8. The zero-order valence-corrected chi connectivity index (χ0v) is 47.7. The van der Waals surface area contributed by atoms with Crippen molar-refractivity contribution in [3.05, 3.63) is 0 Å². The number of unbranched alkanes of at least 4 members (excludes halogenated alkanes) is 33. The molecular weight excluding hydrogens is 867 g/mol. The monoisotopic (exact) mass is 994 g/mol. The highest BCUT2D eigenvalue weighted by molar-refractivity contribution is 5.76. The van der Waals surface area contributed by atoms with Gasteiger partial charge in [0.1, 0.15) is 0 Å². The van der Waals surface area contributed by atoms with Gasteiger partial charge in [-0.3, -0.25) is 14.4 Å². The fourth-order valence-electron chi connectivity index (χ4n) is 8.70. The van der Waals surface area contributed by atoms with Crippen LogP contribution in [0.15, 0.2) is 0 Å². The SMILES string of the molecule is C.CCCCCCCCCCCCCCNC(=O)CCN(C)CCN(C)CCC(=O)NCCCCCCCCCCCCCC.CCCCCCCCCCCCCCNC(=O)CCN(C)CCNC. The summed E-state index contributed by atoms with van der Waals surface area (Å²) in [7, 11) is 8.17. The van der Waals surface area contributed by atoms with Crippen molar-refractivity contribution in [2.75, 3.05) is 93.6 Å². The second-order valence-corrected chi connectivity index (χ2v) is 21.0. The van der Waals surface area contributed by atoms with Crippen LogP contribution in [0.5, 0.6) is 0 Å². The summed E-state index contributed by atoms with van der Waals surface area (Å²) in [5, 5.41) is 12.4. The summed E-state index contributed by atoms with van der Waals surface area (Å²) in [5.41, 5.74) is 0. The van der Waals surface area contributed by atoms with Gasteiger partial charge in [-0.2, -0.15) is 0 Å². The molecule has 0 aliphatic heterocycles. The van der Waals surface area contributed by atoms with E-state index < -0.39 is 0 Å². The van der Waals surface area contributed by atoms with E-state index in [9.17, 15) is 14.4 Å². The molecule has 0 fully saturated rings. The van der Waals surface area contributed by atoms with Gasteiger partial charge in [0.05, 0.1) is 0 Å². The van der Waals surface area contributed by atoms with Crippen LogP contribution in [0.3, 0.4) is 0 Å². The highest BCUT2D eigenvalue weighted by atomic mass is 16.2. The molecule has 70 heavy (non-hydrogen) atoms. The molecule has 0 atom stereocenters. The number of carbonyl (C=O) groups is 3. The normalized spacial score (nSPS) is 11.2. The first-order valence-electron chi connectivity index (χ1n) is 30.2. The lowest BCUT2D eigenvalue weighted by atomic mass is 10.1. The second-order valence-electron chi connectivity index (χ2n) is 21.0. The average Bonchev–Trinajstić information content (AvgIpc) is 3.35. The Hall–Kier alpha value is -1.75. The fourth-order valence-corrected chi connectivity index (χ4v) is 8.70.